The van der Waals surface area contributed by atoms with Gasteiger partial charge in [-0.1, -0.05) is 41.5 Å². The molecule has 0 spiro atoms. The molecule has 146 valence electrons. The van der Waals surface area contributed by atoms with Crippen molar-refractivity contribution in [2.75, 3.05) is 7.05 Å². The van der Waals surface area contributed by atoms with Gasteiger partial charge in [0.05, 0.1) is 6.04 Å². The number of hydrogen-bond acceptors (Lipinski definition) is 2. The predicted octanol–water partition coefficient (Wildman–Crippen LogP) is 5.21. The van der Waals surface area contributed by atoms with Crippen LogP contribution in [0, 0.1) is 29.2 Å². The highest BCUT2D eigenvalue weighted by molar-refractivity contribution is 5.82. The first-order valence-corrected chi connectivity index (χ1v) is 8.89. The summed E-state index contributed by atoms with van der Waals surface area (Å²) in [6, 6.07) is -0.586. The zero-order chi connectivity index (χ0) is 20.3. The van der Waals surface area contributed by atoms with Crippen molar-refractivity contribution in [1.29, 1.82) is 0 Å². The highest BCUT2D eigenvalue weighted by Gasteiger charge is 2.37. The SMILES string of the molecule is CC.CC.CC.CNC(C(C)=O)C1Cc2c(F)c(F)c(F)c(F)c2C1. The summed E-state index contributed by atoms with van der Waals surface area (Å²) >= 11 is 0. The molecule has 1 aliphatic carbocycles. The Hall–Kier alpha value is -1.43. The van der Waals surface area contributed by atoms with E-state index >= 15 is 0 Å². The van der Waals surface area contributed by atoms with Crippen LogP contribution < -0.4 is 5.32 Å². The smallest absolute Gasteiger partial charge is 0.197 e. The van der Waals surface area contributed by atoms with Crippen LogP contribution in [0.4, 0.5) is 17.6 Å². The fourth-order valence-electron chi connectivity index (χ4n) is 2.75. The van der Waals surface area contributed by atoms with Gasteiger partial charge < -0.3 is 5.32 Å². The molecule has 1 atom stereocenters. The van der Waals surface area contributed by atoms with Crippen LogP contribution in [-0.2, 0) is 17.6 Å². The van der Waals surface area contributed by atoms with E-state index in [0.29, 0.717) is 0 Å². The number of carbonyl (C=O) groups is 1. The topological polar surface area (TPSA) is 29.1 Å². The molecule has 0 fully saturated rings. The fourth-order valence-corrected chi connectivity index (χ4v) is 2.75. The number of carbonyl (C=O) groups excluding carboxylic acids is 1. The van der Waals surface area contributed by atoms with Crippen LogP contribution in [0.1, 0.15) is 59.6 Å². The van der Waals surface area contributed by atoms with Crippen molar-refractivity contribution in [2.45, 2.75) is 67.3 Å². The summed E-state index contributed by atoms with van der Waals surface area (Å²) in [5.74, 6) is -6.86. The van der Waals surface area contributed by atoms with Gasteiger partial charge in [-0.25, -0.2) is 17.6 Å². The third-order valence-electron chi connectivity index (χ3n) is 3.63. The molecule has 1 N–H and O–H groups in total. The van der Waals surface area contributed by atoms with Crippen molar-refractivity contribution < 1.29 is 22.4 Å². The lowest BCUT2D eigenvalue weighted by Gasteiger charge is -2.19. The van der Waals surface area contributed by atoms with Crippen molar-refractivity contribution in [3.05, 3.63) is 34.4 Å². The lowest BCUT2D eigenvalue weighted by molar-refractivity contribution is -0.120. The summed E-state index contributed by atoms with van der Waals surface area (Å²) in [5.41, 5.74) is -0.328. The van der Waals surface area contributed by atoms with Crippen LogP contribution >= 0.6 is 0 Å². The molecular weight excluding hydrogens is 334 g/mol. The Labute approximate surface area is 149 Å². The van der Waals surface area contributed by atoms with Crippen LogP contribution in [0.2, 0.25) is 0 Å². The number of likely N-dealkylation sites (N-methyl/N-ethyl adjacent to an activating group) is 1. The summed E-state index contributed by atoms with van der Waals surface area (Å²) in [6.45, 7) is 13.4. The minimum atomic E-state index is -1.79. The van der Waals surface area contributed by atoms with Crippen molar-refractivity contribution in [2.24, 2.45) is 5.92 Å². The Morgan fingerprint density at radius 2 is 1.16 bits per heavy atom. The second-order valence-electron chi connectivity index (χ2n) is 4.76. The van der Waals surface area contributed by atoms with Crippen molar-refractivity contribution >= 4 is 5.78 Å². The molecule has 1 aromatic carbocycles. The molecule has 0 aromatic heterocycles. The Morgan fingerprint density at radius 1 is 0.840 bits per heavy atom. The predicted molar refractivity (Wildman–Crippen MR) is 94.7 cm³/mol. The van der Waals surface area contributed by atoms with Crippen LogP contribution in [0.15, 0.2) is 0 Å². The number of nitrogens with one attached hydrogen (secondary N) is 1. The molecule has 25 heavy (non-hydrogen) atoms. The second kappa shape index (κ2) is 12.9. The summed E-state index contributed by atoms with van der Waals surface area (Å²) in [4.78, 5) is 11.4. The quantitative estimate of drug-likeness (QED) is 0.452. The Kier molecular flexibility index (Phi) is 13.3. The Bertz CT molecular complexity index is 510. The number of benzene rings is 1. The van der Waals surface area contributed by atoms with E-state index in [2.05, 4.69) is 5.32 Å². The van der Waals surface area contributed by atoms with Gasteiger partial charge >= 0.3 is 0 Å². The molecule has 6 heteroatoms. The van der Waals surface area contributed by atoms with Gasteiger partial charge in [0.25, 0.3) is 0 Å². The Balaban J connectivity index is 0. The molecule has 1 aliphatic rings. The van der Waals surface area contributed by atoms with Gasteiger partial charge in [-0.3, -0.25) is 4.79 Å². The molecule has 0 amide bonds. The molecule has 0 radical (unpaired) electrons. The molecule has 2 nitrogen and oxygen atoms in total. The third kappa shape index (κ3) is 5.80. The zero-order valence-corrected chi connectivity index (χ0v) is 16.5. The molecule has 2 rings (SSSR count). The van der Waals surface area contributed by atoms with Gasteiger partial charge in [-0.05, 0) is 43.9 Å². The van der Waals surface area contributed by atoms with Crippen molar-refractivity contribution in [3.8, 4) is 0 Å². The van der Waals surface area contributed by atoms with Crippen LogP contribution in [0.3, 0.4) is 0 Å². The van der Waals surface area contributed by atoms with Gasteiger partial charge in [0.1, 0.15) is 5.78 Å². The highest BCUT2D eigenvalue weighted by Crippen LogP contribution is 2.35. The van der Waals surface area contributed by atoms with Gasteiger partial charge in [0.2, 0.25) is 0 Å². The van der Waals surface area contributed by atoms with E-state index in [1.54, 1.807) is 7.05 Å². The van der Waals surface area contributed by atoms with Gasteiger partial charge in [-0.2, -0.15) is 0 Å². The van der Waals surface area contributed by atoms with Gasteiger partial charge in [0.15, 0.2) is 23.3 Å². The third-order valence-corrected chi connectivity index (χ3v) is 3.63. The maximum Gasteiger partial charge on any atom is 0.197 e. The molecule has 0 heterocycles. The summed E-state index contributed by atoms with van der Waals surface area (Å²) in [7, 11) is 1.56. The van der Waals surface area contributed by atoms with E-state index in [-0.39, 0.29) is 29.8 Å². The maximum atomic E-state index is 13.6. The van der Waals surface area contributed by atoms with E-state index in [1.807, 2.05) is 41.5 Å². The van der Waals surface area contributed by atoms with Crippen LogP contribution in [-0.4, -0.2) is 18.9 Å². The molecule has 0 aliphatic heterocycles. The van der Waals surface area contributed by atoms with Gasteiger partial charge in [-0.15, -0.1) is 0 Å². The van der Waals surface area contributed by atoms with Crippen molar-refractivity contribution in [3.63, 3.8) is 0 Å². The normalized spacial score (nSPS) is 13.3. The first kappa shape index (κ1) is 25.8. The largest absolute Gasteiger partial charge is 0.310 e. The molecule has 1 unspecified atom stereocenters. The van der Waals surface area contributed by atoms with E-state index in [9.17, 15) is 22.4 Å². The first-order chi connectivity index (χ1) is 11.9. The second-order valence-corrected chi connectivity index (χ2v) is 4.76. The minimum Gasteiger partial charge on any atom is -0.310 e. The van der Waals surface area contributed by atoms with E-state index in [1.165, 1.54) is 6.92 Å². The van der Waals surface area contributed by atoms with E-state index in [4.69, 9.17) is 0 Å². The van der Waals surface area contributed by atoms with Crippen molar-refractivity contribution in [1.82, 2.24) is 5.32 Å². The standard InChI is InChI=1S/C13H13F4NO.3C2H6/c1-5(19)13(18-2)6-3-7-8(4-6)10(15)12(17)11(16)9(7)14;3*1-2/h6,13,18H,3-4H2,1-2H3;3*1-2H3. The number of Topliss-reactive ketones (excluding diaryl/α,β-unsaturated/α-hetero) is 1. The average molecular weight is 365 g/mol. The van der Waals surface area contributed by atoms with Gasteiger partial charge in [0, 0.05) is 0 Å². The zero-order valence-electron chi connectivity index (χ0n) is 16.5. The fraction of sp³-hybridized carbons (Fsp3) is 0.632. The number of hydrogen-bond donors (Lipinski definition) is 1. The number of ketones is 1. The highest BCUT2D eigenvalue weighted by atomic mass is 19.2. The summed E-state index contributed by atoms with van der Waals surface area (Å²) in [5, 5.41) is 2.76. The number of fused-ring (bicyclic) bond motifs is 1. The summed E-state index contributed by atoms with van der Waals surface area (Å²) in [6.07, 6.45) is 0.0285. The number of halogens is 4. The Morgan fingerprint density at radius 3 is 1.40 bits per heavy atom. The lowest BCUT2D eigenvalue weighted by Crippen LogP contribution is -2.40. The van der Waals surface area contributed by atoms with E-state index in [0.717, 1.165) is 0 Å². The number of rotatable bonds is 3. The maximum absolute atomic E-state index is 13.6. The molecule has 0 bridgehead atoms. The lowest BCUT2D eigenvalue weighted by atomic mass is 9.94. The molecule has 1 aromatic rings. The van der Waals surface area contributed by atoms with E-state index < -0.39 is 35.2 Å². The molecular formula is C19H31F4NO. The summed E-state index contributed by atoms with van der Waals surface area (Å²) < 4.78 is 53.5. The van der Waals surface area contributed by atoms with Crippen LogP contribution in [0.25, 0.3) is 0 Å². The van der Waals surface area contributed by atoms with Crippen LogP contribution in [0.5, 0.6) is 0 Å². The monoisotopic (exact) mass is 365 g/mol. The minimum absolute atomic E-state index is 0.0143. The average Bonchev–Trinajstić information content (AvgIpc) is 3.08. The first-order valence-electron chi connectivity index (χ1n) is 8.89. The molecule has 0 saturated carbocycles. The molecule has 0 saturated heterocycles.